The van der Waals surface area contributed by atoms with Crippen LogP contribution in [0.1, 0.15) is 19.8 Å². The molecule has 2 rings (SSSR count). The zero-order chi connectivity index (χ0) is 14.8. The van der Waals surface area contributed by atoms with Gasteiger partial charge in [-0.15, -0.1) is 0 Å². The first-order valence-electron chi connectivity index (χ1n) is 6.68. The predicted octanol–water partition coefficient (Wildman–Crippen LogP) is 0.385. The van der Waals surface area contributed by atoms with Crippen molar-refractivity contribution < 1.29 is 8.42 Å². The number of likely N-dealkylation sites (tertiary alicyclic amines) is 1. The molecule has 0 unspecified atom stereocenters. The quantitative estimate of drug-likeness (QED) is 0.842. The van der Waals surface area contributed by atoms with Gasteiger partial charge in [0.2, 0.25) is 15.6 Å². The SMILES string of the molecule is CN1CCC(C)(CNS(=O)(=O)c2ccc(=O)[nH]c2)CC1. The molecule has 6 nitrogen and oxygen atoms in total. The number of hydrogen-bond donors (Lipinski definition) is 2. The first-order chi connectivity index (χ1) is 9.31. The van der Waals surface area contributed by atoms with Crippen molar-refractivity contribution in [2.45, 2.75) is 24.7 Å². The highest BCUT2D eigenvalue weighted by molar-refractivity contribution is 7.89. The monoisotopic (exact) mass is 299 g/mol. The topological polar surface area (TPSA) is 82.3 Å². The molecule has 1 fully saturated rings. The Morgan fingerprint density at radius 2 is 2.00 bits per heavy atom. The lowest BCUT2D eigenvalue weighted by Crippen LogP contribution is -2.43. The van der Waals surface area contributed by atoms with Crippen LogP contribution in [0.5, 0.6) is 0 Å². The fraction of sp³-hybridized carbons (Fsp3) is 0.615. The number of sulfonamides is 1. The maximum Gasteiger partial charge on any atom is 0.247 e. The molecule has 7 heteroatoms. The number of rotatable bonds is 4. The highest BCUT2D eigenvalue weighted by atomic mass is 32.2. The molecular weight excluding hydrogens is 278 g/mol. The van der Waals surface area contributed by atoms with Crippen molar-refractivity contribution >= 4 is 10.0 Å². The molecule has 0 bridgehead atoms. The second-order valence-electron chi connectivity index (χ2n) is 5.83. The molecule has 1 saturated heterocycles. The van der Waals surface area contributed by atoms with Crippen molar-refractivity contribution in [2.24, 2.45) is 5.41 Å². The van der Waals surface area contributed by atoms with Gasteiger partial charge in [0.25, 0.3) is 0 Å². The van der Waals surface area contributed by atoms with Gasteiger partial charge in [0.15, 0.2) is 0 Å². The van der Waals surface area contributed by atoms with Crippen molar-refractivity contribution in [3.63, 3.8) is 0 Å². The lowest BCUT2D eigenvalue weighted by Gasteiger charge is -2.37. The van der Waals surface area contributed by atoms with Crippen LogP contribution in [0.3, 0.4) is 0 Å². The third kappa shape index (κ3) is 3.68. The number of piperidine rings is 1. The fourth-order valence-corrected chi connectivity index (χ4v) is 3.42. The van der Waals surface area contributed by atoms with Crippen LogP contribution in [0.15, 0.2) is 28.0 Å². The minimum Gasteiger partial charge on any atom is -0.328 e. The van der Waals surface area contributed by atoms with Gasteiger partial charge in [-0.2, -0.15) is 0 Å². The molecule has 2 heterocycles. The summed E-state index contributed by atoms with van der Waals surface area (Å²) in [6, 6.07) is 2.53. The van der Waals surface area contributed by atoms with E-state index in [9.17, 15) is 13.2 Å². The highest BCUT2D eigenvalue weighted by Gasteiger charge is 2.30. The highest BCUT2D eigenvalue weighted by Crippen LogP contribution is 2.29. The molecule has 0 aliphatic carbocycles. The smallest absolute Gasteiger partial charge is 0.247 e. The number of hydrogen-bond acceptors (Lipinski definition) is 4. The van der Waals surface area contributed by atoms with Gasteiger partial charge in [0.1, 0.15) is 0 Å². The minimum atomic E-state index is -3.56. The first kappa shape index (κ1) is 15.2. The van der Waals surface area contributed by atoms with Gasteiger partial charge < -0.3 is 9.88 Å². The summed E-state index contributed by atoms with van der Waals surface area (Å²) < 4.78 is 26.9. The molecule has 112 valence electrons. The zero-order valence-electron chi connectivity index (χ0n) is 11.8. The molecular formula is C13H21N3O3S. The summed E-state index contributed by atoms with van der Waals surface area (Å²) in [7, 11) is -1.49. The summed E-state index contributed by atoms with van der Waals surface area (Å²) in [5, 5.41) is 0. The molecule has 1 aromatic rings. The second kappa shape index (κ2) is 5.67. The summed E-state index contributed by atoms with van der Waals surface area (Å²) in [4.78, 5) is 15.7. The molecule has 1 aromatic heterocycles. The molecule has 20 heavy (non-hydrogen) atoms. The largest absolute Gasteiger partial charge is 0.328 e. The third-order valence-electron chi connectivity index (χ3n) is 3.95. The van der Waals surface area contributed by atoms with E-state index < -0.39 is 10.0 Å². The van der Waals surface area contributed by atoms with Gasteiger partial charge in [-0.05, 0) is 44.5 Å². The van der Waals surface area contributed by atoms with Crippen LogP contribution in [0, 0.1) is 5.41 Å². The van der Waals surface area contributed by atoms with Crippen LogP contribution >= 0.6 is 0 Å². The van der Waals surface area contributed by atoms with E-state index in [0.717, 1.165) is 25.9 Å². The van der Waals surface area contributed by atoms with E-state index in [4.69, 9.17) is 0 Å². The van der Waals surface area contributed by atoms with Gasteiger partial charge in [0.05, 0.1) is 4.90 Å². The van der Waals surface area contributed by atoms with Crippen LogP contribution in [-0.4, -0.2) is 45.0 Å². The standard InChI is InChI=1S/C13H21N3O3S/c1-13(5-7-16(2)8-6-13)10-15-20(18,19)11-3-4-12(17)14-9-11/h3-4,9,15H,5-8,10H2,1-2H3,(H,14,17). The Hall–Kier alpha value is -1.18. The van der Waals surface area contributed by atoms with E-state index in [1.807, 2.05) is 0 Å². The minimum absolute atomic E-state index is 0.0121. The van der Waals surface area contributed by atoms with Crippen molar-refractivity contribution in [1.82, 2.24) is 14.6 Å². The molecule has 0 amide bonds. The molecule has 0 aromatic carbocycles. The first-order valence-corrected chi connectivity index (χ1v) is 8.16. The van der Waals surface area contributed by atoms with Gasteiger partial charge in [-0.25, -0.2) is 13.1 Å². The van der Waals surface area contributed by atoms with Crippen LogP contribution in [0.25, 0.3) is 0 Å². The van der Waals surface area contributed by atoms with Gasteiger partial charge >= 0.3 is 0 Å². The molecule has 0 saturated carbocycles. The summed E-state index contributed by atoms with van der Waals surface area (Å²) in [6.45, 7) is 4.49. The number of aromatic amines is 1. The van der Waals surface area contributed by atoms with E-state index in [2.05, 4.69) is 28.6 Å². The molecule has 0 radical (unpaired) electrons. The molecule has 1 aliphatic rings. The Labute approximate surface area is 119 Å². The van der Waals surface area contributed by atoms with Crippen LogP contribution in [0.4, 0.5) is 0 Å². The Kier molecular flexibility index (Phi) is 4.31. The van der Waals surface area contributed by atoms with Gasteiger partial charge in [0, 0.05) is 18.8 Å². The normalized spacial score (nSPS) is 19.9. The van der Waals surface area contributed by atoms with E-state index in [-0.39, 0.29) is 15.9 Å². The van der Waals surface area contributed by atoms with Gasteiger partial charge in [-0.3, -0.25) is 4.79 Å². The Bertz CT molecular complexity index is 595. The number of nitrogens with zero attached hydrogens (tertiary/aromatic N) is 1. The summed E-state index contributed by atoms with van der Waals surface area (Å²) in [5.41, 5.74) is -0.326. The number of H-pyrrole nitrogens is 1. The zero-order valence-corrected chi connectivity index (χ0v) is 12.7. The summed E-state index contributed by atoms with van der Waals surface area (Å²) >= 11 is 0. The number of pyridine rings is 1. The van der Waals surface area contributed by atoms with Crippen LogP contribution < -0.4 is 10.3 Å². The van der Waals surface area contributed by atoms with E-state index in [1.165, 1.54) is 18.3 Å². The Morgan fingerprint density at radius 3 is 2.55 bits per heavy atom. The fourth-order valence-electron chi connectivity index (χ4n) is 2.25. The summed E-state index contributed by atoms with van der Waals surface area (Å²) in [6.07, 6.45) is 3.16. The molecule has 0 spiro atoms. The maximum absolute atomic E-state index is 12.1. The number of aromatic nitrogens is 1. The van der Waals surface area contributed by atoms with Crippen LogP contribution in [0.2, 0.25) is 0 Å². The van der Waals surface area contributed by atoms with E-state index >= 15 is 0 Å². The summed E-state index contributed by atoms with van der Waals surface area (Å²) in [5.74, 6) is 0. The van der Waals surface area contributed by atoms with Crippen molar-refractivity contribution in [1.29, 1.82) is 0 Å². The Balaban J connectivity index is 2.02. The van der Waals surface area contributed by atoms with Crippen molar-refractivity contribution in [3.8, 4) is 0 Å². The van der Waals surface area contributed by atoms with E-state index in [0.29, 0.717) is 6.54 Å². The third-order valence-corrected chi connectivity index (χ3v) is 5.35. The maximum atomic E-state index is 12.1. The average Bonchev–Trinajstić information content (AvgIpc) is 2.41. The van der Waals surface area contributed by atoms with Gasteiger partial charge in [-0.1, -0.05) is 6.92 Å². The van der Waals surface area contributed by atoms with Crippen molar-refractivity contribution in [2.75, 3.05) is 26.7 Å². The Morgan fingerprint density at radius 1 is 1.35 bits per heavy atom. The second-order valence-corrected chi connectivity index (χ2v) is 7.59. The molecule has 1 aliphatic heterocycles. The molecule has 2 N–H and O–H groups in total. The number of nitrogens with one attached hydrogen (secondary N) is 2. The lowest BCUT2D eigenvalue weighted by atomic mass is 9.81. The van der Waals surface area contributed by atoms with E-state index in [1.54, 1.807) is 0 Å². The molecule has 0 atom stereocenters. The average molecular weight is 299 g/mol. The van der Waals surface area contributed by atoms with Crippen molar-refractivity contribution in [3.05, 3.63) is 28.7 Å². The lowest BCUT2D eigenvalue weighted by molar-refractivity contribution is 0.143. The predicted molar refractivity (Wildman–Crippen MR) is 77.1 cm³/mol. The van der Waals surface area contributed by atoms with Crippen LogP contribution in [-0.2, 0) is 10.0 Å².